The minimum atomic E-state index is -0.355. The predicted octanol–water partition coefficient (Wildman–Crippen LogP) is 2.27. The molecule has 108 valence electrons. The summed E-state index contributed by atoms with van der Waals surface area (Å²) < 4.78 is 0.893. The van der Waals surface area contributed by atoms with Gasteiger partial charge < -0.3 is 16.0 Å². The monoisotopic (exact) mass is 337 g/mol. The van der Waals surface area contributed by atoms with E-state index in [0.29, 0.717) is 17.6 Å². The molecule has 1 aromatic carbocycles. The summed E-state index contributed by atoms with van der Waals surface area (Å²) in [5, 5.41) is 3.59. The maximum absolute atomic E-state index is 11.7. The molecule has 2 saturated heterocycles. The molecule has 2 aliphatic rings. The smallest absolute Gasteiger partial charge is 0.250 e. The largest absolute Gasteiger partial charge is 0.366 e. The summed E-state index contributed by atoms with van der Waals surface area (Å²) >= 11 is 3.42. The molecule has 0 aliphatic carbocycles. The molecule has 1 amide bonds. The normalized spacial score (nSPS) is 26.1. The average Bonchev–Trinajstić information content (AvgIpc) is 3.09. The predicted molar refractivity (Wildman–Crippen MR) is 84.1 cm³/mol. The first-order valence-corrected chi connectivity index (χ1v) is 8.05. The zero-order valence-corrected chi connectivity index (χ0v) is 13.0. The maximum atomic E-state index is 11.7. The van der Waals surface area contributed by atoms with E-state index in [1.165, 1.54) is 25.7 Å². The van der Waals surface area contributed by atoms with Crippen molar-refractivity contribution in [1.29, 1.82) is 0 Å². The minimum absolute atomic E-state index is 0.355. The first-order chi connectivity index (χ1) is 9.66. The van der Waals surface area contributed by atoms with Crippen molar-refractivity contribution in [1.82, 2.24) is 5.32 Å². The number of amides is 1. The van der Waals surface area contributed by atoms with Gasteiger partial charge in [0.1, 0.15) is 0 Å². The molecule has 0 bridgehead atoms. The van der Waals surface area contributed by atoms with Crippen LogP contribution >= 0.6 is 15.9 Å². The number of nitrogens with two attached hydrogens (primary N) is 1. The van der Waals surface area contributed by atoms with Crippen LogP contribution in [0.3, 0.4) is 0 Å². The summed E-state index contributed by atoms with van der Waals surface area (Å²) in [6, 6.07) is 6.85. The molecule has 3 rings (SSSR count). The van der Waals surface area contributed by atoms with Gasteiger partial charge in [-0.2, -0.15) is 0 Å². The van der Waals surface area contributed by atoms with Gasteiger partial charge in [-0.15, -0.1) is 0 Å². The van der Waals surface area contributed by atoms with E-state index in [2.05, 4.69) is 26.1 Å². The number of carbonyl (C=O) groups excluding carboxylic acids is 1. The lowest BCUT2D eigenvalue weighted by atomic mass is 10.0. The van der Waals surface area contributed by atoms with Crippen molar-refractivity contribution in [2.24, 2.45) is 5.73 Å². The van der Waals surface area contributed by atoms with Crippen molar-refractivity contribution in [3.05, 3.63) is 28.2 Å². The van der Waals surface area contributed by atoms with Gasteiger partial charge in [-0.25, -0.2) is 0 Å². The number of hydrogen-bond donors (Lipinski definition) is 2. The second kappa shape index (κ2) is 5.74. The van der Waals surface area contributed by atoms with E-state index in [-0.39, 0.29) is 5.91 Å². The first-order valence-electron chi connectivity index (χ1n) is 7.26. The Labute approximate surface area is 127 Å². The van der Waals surface area contributed by atoms with Crippen LogP contribution in [-0.2, 0) is 0 Å². The summed E-state index contributed by atoms with van der Waals surface area (Å²) in [5.74, 6) is -0.355. The number of nitrogens with one attached hydrogen (secondary N) is 1. The van der Waals surface area contributed by atoms with Crippen molar-refractivity contribution in [3.63, 3.8) is 0 Å². The molecule has 5 heteroatoms. The highest BCUT2D eigenvalue weighted by Gasteiger charge is 2.34. The van der Waals surface area contributed by atoms with E-state index in [9.17, 15) is 4.79 Å². The molecule has 2 heterocycles. The van der Waals surface area contributed by atoms with Crippen molar-refractivity contribution in [3.8, 4) is 0 Å². The third kappa shape index (κ3) is 2.56. The summed E-state index contributed by atoms with van der Waals surface area (Å²) in [4.78, 5) is 14.1. The highest BCUT2D eigenvalue weighted by Crippen LogP contribution is 2.33. The fourth-order valence-electron chi connectivity index (χ4n) is 3.51. The fraction of sp³-hybridized carbons (Fsp3) is 0.533. The molecule has 0 radical (unpaired) electrons. The van der Waals surface area contributed by atoms with Crippen molar-refractivity contribution in [2.45, 2.75) is 37.8 Å². The number of nitrogens with zero attached hydrogens (tertiary/aromatic N) is 1. The standard InChI is InChI=1S/C15H20BrN3O/c16-10-5-6-13(11(9-10)15(17)20)19-8-2-4-14(19)12-3-1-7-18-12/h5-6,9,12,14,18H,1-4,7-8H2,(H2,17,20). The van der Waals surface area contributed by atoms with Crippen LogP contribution in [-0.4, -0.2) is 31.1 Å². The lowest BCUT2D eigenvalue weighted by molar-refractivity contribution is 0.100. The number of benzene rings is 1. The molecular weight excluding hydrogens is 318 g/mol. The Hall–Kier alpha value is -1.07. The maximum Gasteiger partial charge on any atom is 0.250 e. The molecule has 0 aromatic heterocycles. The number of rotatable bonds is 3. The van der Waals surface area contributed by atoms with Crippen LogP contribution in [0.5, 0.6) is 0 Å². The Balaban J connectivity index is 1.92. The third-order valence-electron chi connectivity index (χ3n) is 4.40. The second-order valence-corrected chi connectivity index (χ2v) is 6.55. The molecule has 2 aliphatic heterocycles. The Kier molecular flexibility index (Phi) is 3.98. The number of primary amides is 1. The quantitative estimate of drug-likeness (QED) is 0.889. The van der Waals surface area contributed by atoms with Gasteiger partial charge in [0.25, 0.3) is 5.91 Å². The topological polar surface area (TPSA) is 58.4 Å². The average molecular weight is 338 g/mol. The molecule has 4 nitrogen and oxygen atoms in total. The Morgan fingerprint density at radius 3 is 2.90 bits per heavy atom. The Bertz CT molecular complexity index is 514. The summed E-state index contributed by atoms with van der Waals surface area (Å²) in [6.07, 6.45) is 4.84. The molecule has 0 saturated carbocycles. The minimum Gasteiger partial charge on any atom is -0.366 e. The molecule has 20 heavy (non-hydrogen) atoms. The number of halogens is 1. The lowest BCUT2D eigenvalue weighted by Gasteiger charge is -2.32. The van der Waals surface area contributed by atoms with E-state index in [4.69, 9.17) is 5.73 Å². The zero-order valence-electron chi connectivity index (χ0n) is 11.4. The second-order valence-electron chi connectivity index (χ2n) is 5.63. The van der Waals surface area contributed by atoms with Gasteiger partial charge in [0.05, 0.1) is 5.56 Å². The molecular formula is C15H20BrN3O. The molecule has 1 aromatic rings. The molecule has 2 unspecified atom stereocenters. The highest BCUT2D eigenvalue weighted by molar-refractivity contribution is 9.10. The SMILES string of the molecule is NC(=O)c1cc(Br)ccc1N1CCCC1C1CCCN1. The van der Waals surface area contributed by atoms with Crippen LogP contribution in [0.15, 0.2) is 22.7 Å². The van der Waals surface area contributed by atoms with Crippen molar-refractivity contribution < 1.29 is 4.79 Å². The summed E-state index contributed by atoms with van der Waals surface area (Å²) in [5.41, 5.74) is 7.15. The number of anilines is 1. The fourth-order valence-corrected chi connectivity index (χ4v) is 3.87. The third-order valence-corrected chi connectivity index (χ3v) is 4.89. The first kappa shape index (κ1) is 13.9. The van der Waals surface area contributed by atoms with Gasteiger partial charge in [-0.3, -0.25) is 4.79 Å². The van der Waals surface area contributed by atoms with E-state index in [1.54, 1.807) is 0 Å². The lowest BCUT2D eigenvalue weighted by Crippen LogP contribution is -2.44. The summed E-state index contributed by atoms with van der Waals surface area (Å²) in [6.45, 7) is 2.11. The van der Waals surface area contributed by atoms with Crippen LogP contribution < -0.4 is 16.0 Å². The molecule has 3 N–H and O–H groups in total. The van der Waals surface area contributed by atoms with Gasteiger partial charge in [0.15, 0.2) is 0 Å². The van der Waals surface area contributed by atoms with Gasteiger partial charge in [-0.1, -0.05) is 15.9 Å². The van der Waals surface area contributed by atoms with E-state index < -0.39 is 0 Å². The Morgan fingerprint density at radius 1 is 1.35 bits per heavy atom. The molecule has 2 atom stereocenters. The van der Waals surface area contributed by atoms with E-state index >= 15 is 0 Å². The molecule has 0 spiro atoms. The van der Waals surface area contributed by atoms with Crippen molar-refractivity contribution in [2.75, 3.05) is 18.0 Å². The Morgan fingerprint density at radius 2 is 2.20 bits per heavy atom. The van der Waals surface area contributed by atoms with Gasteiger partial charge >= 0.3 is 0 Å². The zero-order chi connectivity index (χ0) is 14.1. The van der Waals surface area contributed by atoms with Gasteiger partial charge in [0.2, 0.25) is 0 Å². The number of hydrogen-bond acceptors (Lipinski definition) is 3. The van der Waals surface area contributed by atoms with Crippen LogP contribution in [0.2, 0.25) is 0 Å². The van der Waals surface area contributed by atoms with E-state index in [1.807, 2.05) is 18.2 Å². The van der Waals surface area contributed by atoms with Crippen LogP contribution in [0.4, 0.5) is 5.69 Å². The van der Waals surface area contributed by atoms with Gasteiger partial charge in [-0.05, 0) is 50.4 Å². The van der Waals surface area contributed by atoms with E-state index in [0.717, 1.165) is 23.2 Å². The van der Waals surface area contributed by atoms with Crippen molar-refractivity contribution >= 4 is 27.5 Å². The van der Waals surface area contributed by atoms with Gasteiger partial charge in [0, 0.05) is 28.8 Å². The highest BCUT2D eigenvalue weighted by atomic mass is 79.9. The van der Waals surface area contributed by atoms with Crippen LogP contribution in [0.25, 0.3) is 0 Å². The van der Waals surface area contributed by atoms with Crippen LogP contribution in [0, 0.1) is 0 Å². The number of carbonyl (C=O) groups is 1. The summed E-state index contributed by atoms with van der Waals surface area (Å²) in [7, 11) is 0. The molecule has 2 fully saturated rings. The van der Waals surface area contributed by atoms with Crippen LogP contribution in [0.1, 0.15) is 36.0 Å².